The standard InChI is InChI=1S/C15H15N3O2S/c1-2-3-9-5-11-8(6-20-9)4-10-12-13(21-15(10)18-11)14(19)17-7-16-12/h4,7,9H,2-3,5-6H2,1H3,(H,16,17,19)/t9-/m1/s1. The van der Waals surface area contributed by atoms with Gasteiger partial charge in [-0.15, -0.1) is 11.3 Å². The Kier molecular flexibility index (Phi) is 3.01. The van der Waals surface area contributed by atoms with Crippen molar-refractivity contribution in [2.75, 3.05) is 0 Å². The summed E-state index contributed by atoms with van der Waals surface area (Å²) in [4.78, 5) is 24.5. The normalized spacial score (nSPS) is 18.2. The molecule has 1 N–H and O–H groups in total. The Labute approximate surface area is 125 Å². The third kappa shape index (κ3) is 2.06. The highest BCUT2D eigenvalue weighted by atomic mass is 32.1. The molecule has 0 radical (unpaired) electrons. The van der Waals surface area contributed by atoms with Crippen molar-refractivity contribution in [2.45, 2.75) is 38.9 Å². The fourth-order valence-corrected chi connectivity index (χ4v) is 3.91. The fourth-order valence-electron chi connectivity index (χ4n) is 2.88. The number of nitrogens with one attached hydrogen (secondary N) is 1. The molecule has 0 amide bonds. The summed E-state index contributed by atoms with van der Waals surface area (Å²) in [7, 11) is 0. The van der Waals surface area contributed by atoms with Crippen molar-refractivity contribution < 1.29 is 4.74 Å². The topological polar surface area (TPSA) is 67.9 Å². The van der Waals surface area contributed by atoms with E-state index in [0.29, 0.717) is 11.3 Å². The number of hydrogen-bond acceptors (Lipinski definition) is 5. The van der Waals surface area contributed by atoms with Crippen LogP contribution in [0.15, 0.2) is 17.2 Å². The molecule has 0 bridgehead atoms. The Hall–Kier alpha value is -1.79. The first-order chi connectivity index (χ1) is 10.3. The van der Waals surface area contributed by atoms with Crippen molar-refractivity contribution in [3.63, 3.8) is 0 Å². The summed E-state index contributed by atoms with van der Waals surface area (Å²) in [6.45, 7) is 2.77. The van der Waals surface area contributed by atoms with Gasteiger partial charge in [0.2, 0.25) is 0 Å². The van der Waals surface area contributed by atoms with E-state index in [1.807, 2.05) is 0 Å². The molecule has 0 aliphatic carbocycles. The molecule has 6 heteroatoms. The van der Waals surface area contributed by atoms with Gasteiger partial charge in [0, 0.05) is 17.4 Å². The van der Waals surface area contributed by atoms with E-state index in [1.165, 1.54) is 17.7 Å². The van der Waals surface area contributed by atoms with Crippen LogP contribution < -0.4 is 5.56 Å². The summed E-state index contributed by atoms with van der Waals surface area (Å²) in [5, 5.41) is 0.956. The highest BCUT2D eigenvalue weighted by Crippen LogP contribution is 2.32. The average molecular weight is 301 g/mol. The highest BCUT2D eigenvalue weighted by Gasteiger charge is 2.22. The van der Waals surface area contributed by atoms with Gasteiger partial charge in [-0.05, 0) is 12.5 Å². The lowest BCUT2D eigenvalue weighted by molar-refractivity contribution is 0.0217. The lowest BCUT2D eigenvalue weighted by atomic mass is 10.0. The van der Waals surface area contributed by atoms with Crippen molar-refractivity contribution in [1.82, 2.24) is 15.0 Å². The van der Waals surface area contributed by atoms with Crippen LogP contribution in [0.3, 0.4) is 0 Å². The molecule has 21 heavy (non-hydrogen) atoms. The lowest BCUT2D eigenvalue weighted by Gasteiger charge is -2.24. The number of aromatic nitrogens is 3. The molecule has 0 saturated heterocycles. The first-order valence-corrected chi connectivity index (χ1v) is 7.98. The first-order valence-electron chi connectivity index (χ1n) is 7.16. The third-order valence-corrected chi connectivity index (χ3v) is 5.01. The van der Waals surface area contributed by atoms with Gasteiger partial charge in [0.15, 0.2) is 0 Å². The van der Waals surface area contributed by atoms with Gasteiger partial charge in [-0.3, -0.25) is 4.79 Å². The van der Waals surface area contributed by atoms with E-state index >= 15 is 0 Å². The van der Waals surface area contributed by atoms with E-state index in [9.17, 15) is 4.79 Å². The van der Waals surface area contributed by atoms with Crippen LogP contribution in [0.5, 0.6) is 0 Å². The van der Waals surface area contributed by atoms with E-state index in [4.69, 9.17) is 9.72 Å². The zero-order valence-electron chi connectivity index (χ0n) is 11.7. The quantitative estimate of drug-likeness (QED) is 0.790. The van der Waals surface area contributed by atoms with Gasteiger partial charge >= 0.3 is 0 Å². The van der Waals surface area contributed by atoms with E-state index in [1.54, 1.807) is 0 Å². The number of ether oxygens (including phenoxy) is 1. The molecular weight excluding hydrogens is 286 g/mol. The van der Waals surface area contributed by atoms with Crippen LogP contribution >= 0.6 is 11.3 Å². The molecule has 0 fully saturated rings. The minimum Gasteiger partial charge on any atom is -0.373 e. The van der Waals surface area contributed by atoms with E-state index in [0.717, 1.165) is 46.3 Å². The zero-order valence-corrected chi connectivity index (χ0v) is 12.5. The third-order valence-electron chi connectivity index (χ3n) is 3.93. The number of nitrogens with zero attached hydrogens (tertiary/aromatic N) is 2. The Morgan fingerprint density at radius 2 is 2.43 bits per heavy atom. The smallest absolute Gasteiger partial charge is 0.268 e. The average Bonchev–Trinajstić information content (AvgIpc) is 2.84. The highest BCUT2D eigenvalue weighted by molar-refractivity contribution is 7.25. The van der Waals surface area contributed by atoms with Crippen molar-refractivity contribution in [2.24, 2.45) is 0 Å². The van der Waals surface area contributed by atoms with Crippen molar-refractivity contribution >= 4 is 31.8 Å². The summed E-state index contributed by atoms with van der Waals surface area (Å²) < 4.78 is 6.53. The van der Waals surface area contributed by atoms with E-state index < -0.39 is 0 Å². The van der Waals surface area contributed by atoms with Crippen LogP contribution in [0.4, 0.5) is 0 Å². The molecule has 108 valence electrons. The van der Waals surface area contributed by atoms with Gasteiger partial charge in [0.1, 0.15) is 9.53 Å². The molecule has 1 aliphatic heterocycles. The zero-order chi connectivity index (χ0) is 14.4. The molecule has 4 heterocycles. The van der Waals surface area contributed by atoms with Crippen LogP contribution in [0.2, 0.25) is 0 Å². The van der Waals surface area contributed by atoms with Gasteiger partial charge in [-0.2, -0.15) is 0 Å². The van der Waals surface area contributed by atoms with E-state index in [2.05, 4.69) is 23.0 Å². The summed E-state index contributed by atoms with van der Waals surface area (Å²) in [6.07, 6.45) is 4.75. The molecule has 1 aliphatic rings. The van der Waals surface area contributed by atoms with Gasteiger partial charge in [-0.25, -0.2) is 9.97 Å². The Morgan fingerprint density at radius 3 is 3.29 bits per heavy atom. The SMILES string of the molecule is CCC[C@@H]1Cc2nc3sc4c(=O)[nH]cnc4c3cc2CO1. The summed E-state index contributed by atoms with van der Waals surface area (Å²) in [5.41, 5.74) is 2.87. The predicted molar refractivity (Wildman–Crippen MR) is 82.7 cm³/mol. The monoisotopic (exact) mass is 301 g/mol. The predicted octanol–water partition coefficient (Wildman–Crippen LogP) is 2.77. The molecule has 1 atom stereocenters. The number of aromatic amines is 1. The molecular formula is C15H15N3O2S. The molecule has 4 rings (SSSR count). The van der Waals surface area contributed by atoms with Crippen molar-refractivity contribution in [3.05, 3.63) is 34.0 Å². The molecule has 0 unspecified atom stereocenters. The maximum absolute atomic E-state index is 11.9. The Bertz CT molecular complexity index is 884. The van der Waals surface area contributed by atoms with Crippen molar-refractivity contribution in [1.29, 1.82) is 0 Å². The largest absolute Gasteiger partial charge is 0.373 e. The number of fused-ring (bicyclic) bond motifs is 4. The van der Waals surface area contributed by atoms with Crippen LogP contribution in [0.25, 0.3) is 20.4 Å². The van der Waals surface area contributed by atoms with Gasteiger partial charge in [0.05, 0.1) is 30.2 Å². The first kappa shape index (κ1) is 12.9. The number of thiophene rings is 1. The number of rotatable bonds is 2. The van der Waals surface area contributed by atoms with Gasteiger partial charge in [-0.1, -0.05) is 13.3 Å². The van der Waals surface area contributed by atoms with E-state index in [-0.39, 0.29) is 11.7 Å². The number of hydrogen-bond donors (Lipinski definition) is 1. The number of pyridine rings is 1. The number of H-pyrrole nitrogens is 1. The van der Waals surface area contributed by atoms with Crippen LogP contribution in [-0.4, -0.2) is 21.1 Å². The Balaban J connectivity index is 1.90. The molecule has 3 aromatic heterocycles. The minimum atomic E-state index is -0.0962. The minimum absolute atomic E-state index is 0.0962. The Morgan fingerprint density at radius 1 is 1.52 bits per heavy atom. The molecule has 0 aromatic carbocycles. The van der Waals surface area contributed by atoms with Gasteiger partial charge < -0.3 is 9.72 Å². The molecule has 0 spiro atoms. The maximum Gasteiger partial charge on any atom is 0.268 e. The fraction of sp³-hybridized carbons (Fsp3) is 0.400. The second kappa shape index (κ2) is 4.89. The summed E-state index contributed by atoms with van der Waals surface area (Å²) in [5.74, 6) is 0. The van der Waals surface area contributed by atoms with Crippen LogP contribution in [0.1, 0.15) is 31.0 Å². The van der Waals surface area contributed by atoms with Crippen LogP contribution in [0, 0.1) is 0 Å². The van der Waals surface area contributed by atoms with Crippen molar-refractivity contribution in [3.8, 4) is 0 Å². The lowest BCUT2D eigenvalue weighted by Crippen LogP contribution is -2.23. The second-order valence-corrected chi connectivity index (χ2v) is 6.38. The maximum atomic E-state index is 11.9. The van der Waals surface area contributed by atoms with Crippen LogP contribution in [-0.2, 0) is 17.8 Å². The summed E-state index contributed by atoms with van der Waals surface area (Å²) in [6, 6.07) is 2.09. The summed E-state index contributed by atoms with van der Waals surface area (Å²) >= 11 is 1.42. The van der Waals surface area contributed by atoms with Gasteiger partial charge in [0.25, 0.3) is 5.56 Å². The molecule has 3 aromatic rings. The second-order valence-electron chi connectivity index (χ2n) is 5.38. The molecule has 0 saturated carbocycles. The molecule has 5 nitrogen and oxygen atoms in total.